The summed E-state index contributed by atoms with van der Waals surface area (Å²) < 4.78 is 6.27. The molecule has 0 saturated heterocycles. The molecule has 0 spiro atoms. The summed E-state index contributed by atoms with van der Waals surface area (Å²) >= 11 is 12.1. The van der Waals surface area contributed by atoms with Crippen LogP contribution in [0.4, 0.5) is 4.79 Å². The van der Waals surface area contributed by atoms with Crippen LogP contribution in [0.25, 0.3) is 0 Å². The average Bonchev–Trinajstić information content (AvgIpc) is 2.46. The molecular weight excluding hydrogens is 383 g/mol. The van der Waals surface area contributed by atoms with Crippen molar-refractivity contribution < 1.29 is 19.4 Å². The molecule has 0 aromatic carbocycles. The number of halogens is 2. The van der Waals surface area contributed by atoms with Crippen molar-refractivity contribution in [2.24, 2.45) is 0 Å². The molecule has 1 rings (SSSR count). The van der Waals surface area contributed by atoms with E-state index in [4.69, 9.17) is 32.7 Å². The van der Waals surface area contributed by atoms with Crippen LogP contribution in [-0.2, 0) is 4.43 Å². The van der Waals surface area contributed by atoms with E-state index in [1.807, 2.05) is 0 Å². The molecule has 1 amide bonds. The molecule has 0 aliphatic carbocycles. The highest BCUT2D eigenvalue weighted by Gasteiger charge is 2.39. The zero-order valence-corrected chi connectivity index (χ0v) is 17.6. The van der Waals surface area contributed by atoms with Crippen molar-refractivity contribution in [2.45, 2.75) is 57.5 Å². The van der Waals surface area contributed by atoms with Gasteiger partial charge in [0.2, 0.25) is 0 Å². The van der Waals surface area contributed by atoms with Gasteiger partial charge in [-0.3, -0.25) is 4.98 Å². The molecular formula is C16H26Cl2N2O4Si. The molecule has 2 unspecified atom stereocenters. The SMILES string of the molecule is CC(C)(C)[Si](C)(C)OC(CNC(=O)O)CC(O)c1cncc(Cl)c1Cl. The van der Waals surface area contributed by atoms with Crippen molar-refractivity contribution in [3.05, 3.63) is 28.0 Å². The fourth-order valence-corrected chi connectivity index (χ4v) is 3.77. The predicted octanol–water partition coefficient (Wildman–Crippen LogP) is 4.47. The highest BCUT2D eigenvalue weighted by atomic mass is 35.5. The highest BCUT2D eigenvalue weighted by Crippen LogP contribution is 2.38. The molecule has 0 aliphatic heterocycles. The van der Waals surface area contributed by atoms with Gasteiger partial charge in [0, 0.05) is 30.9 Å². The molecule has 142 valence electrons. The molecule has 0 aliphatic rings. The van der Waals surface area contributed by atoms with Gasteiger partial charge in [-0.2, -0.15) is 0 Å². The summed E-state index contributed by atoms with van der Waals surface area (Å²) in [5.41, 5.74) is 0.397. The topological polar surface area (TPSA) is 91.7 Å². The van der Waals surface area contributed by atoms with Crippen molar-refractivity contribution in [1.29, 1.82) is 0 Å². The standard InChI is InChI=1S/C16H26Cl2N2O4Si/c1-16(2,3)25(4,5)24-10(7-20-15(22)23)6-13(21)11-8-19-9-12(17)14(11)18/h8-10,13,20-21H,6-7H2,1-5H3,(H,22,23). The van der Waals surface area contributed by atoms with E-state index in [0.29, 0.717) is 5.56 Å². The van der Waals surface area contributed by atoms with Crippen LogP contribution in [0, 0.1) is 0 Å². The minimum Gasteiger partial charge on any atom is -0.465 e. The van der Waals surface area contributed by atoms with E-state index >= 15 is 0 Å². The summed E-state index contributed by atoms with van der Waals surface area (Å²) in [5.74, 6) is 0. The van der Waals surface area contributed by atoms with E-state index in [0.717, 1.165) is 0 Å². The van der Waals surface area contributed by atoms with Crippen LogP contribution in [0.1, 0.15) is 38.9 Å². The monoisotopic (exact) mass is 408 g/mol. The van der Waals surface area contributed by atoms with Crippen LogP contribution in [0.5, 0.6) is 0 Å². The van der Waals surface area contributed by atoms with Crippen molar-refractivity contribution in [3.63, 3.8) is 0 Å². The average molecular weight is 409 g/mol. The summed E-state index contributed by atoms with van der Waals surface area (Å²) in [7, 11) is -2.15. The smallest absolute Gasteiger partial charge is 0.404 e. The number of hydrogen-bond acceptors (Lipinski definition) is 4. The quantitative estimate of drug-likeness (QED) is 0.578. The van der Waals surface area contributed by atoms with Gasteiger partial charge in [0.05, 0.1) is 22.3 Å². The molecule has 9 heteroatoms. The summed E-state index contributed by atoms with van der Waals surface area (Å²) in [5, 5.41) is 22.2. The lowest BCUT2D eigenvalue weighted by molar-refractivity contribution is 0.0847. The second-order valence-electron chi connectivity index (χ2n) is 7.46. The van der Waals surface area contributed by atoms with Gasteiger partial charge < -0.3 is 20.0 Å². The molecule has 6 nitrogen and oxygen atoms in total. The van der Waals surface area contributed by atoms with Gasteiger partial charge in [-0.1, -0.05) is 44.0 Å². The fraction of sp³-hybridized carbons (Fsp3) is 0.625. The molecule has 0 saturated carbocycles. The first kappa shape index (κ1) is 22.2. The largest absolute Gasteiger partial charge is 0.465 e. The molecule has 0 radical (unpaired) electrons. The number of carbonyl (C=O) groups is 1. The maximum Gasteiger partial charge on any atom is 0.404 e. The van der Waals surface area contributed by atoms with Gasteiger partial charge in [0.1, 0.15) is 0 Å². The van der Waals surface area contributed by atoms with Crippen molar-refractivity contribution in [3.8, 4) is 0 Å². The Labute approximate surface area is 159 Å². The van der Waals surface area contributed by atoms with Gasteiger partial charge >= 0.3 is 6.09 Å². The molecule has 3 N–H and O–H groups in total. The normalized spacial score (nSPS) is 14.9. The Morgan fingerprint density at radius 3 is 2.48 bits per heavy atom. The van der Waals surface area contributed by atoms with Crippen LogP contribution in [0.15, 0.2) is 12.4 Å². The number of amides is 1. The second-order valence-corrected chi connectivity index (χ2v) is 13.0. The van der Waals surface area contributed by atoms with Crippen LogP contribution >= 0.6 is 23.2 Å². The molecule has 1 heterocycles. The Hall–Kier alpha value is -0.863. The number of pyridine rings is 1. The molecule has 0 bridgehead atoms. The van der Waals surface area contributed by atoms with E-state index in [9.17, 15) is 9.90 Å². The summed E-state index contributed by atoms with van der Waals surface area (Å²) in [6.45, 7) is 10.5. The minimum atomic E-state index is -2.15. The first-order valence-electron chi connectivity index (χ1n) is 7.96. The van der Waals surface area contributed by atoms with E-state index in [-0.39, 0.29) is 28.0 Å². The molecule has 1 aromatic rings. The summed E-state index contributed by atoms with van der Waals surface area (Å²) in [6.07, 6.45) is 0.420. The number of aliphatic hydroxyl groups is 1. The number of carboxylic acid groups (broad SMARTS) is 1. The number of rotatable bonds is 7. The van der Waals surface area contributed by atoms with Crippen molar-refractivity contribution in [2.75, 3.05) is 6.54 Å². The van der Waals surface area contributed by atoms with Crippen LogP contribution < -0.4 is 5.32 Å². The van der Waals surface area contributed by atoms with E-state index in [1.165, 1.54) is 12.4 Å². The molecule has 1 aromatic heterocycles. The van der Waals surface area contributed by atoms with E-state index < -0.39 is 26.6 Å². The van der Waals surface area contributed by atoms with Crippen molar-refractivity contribution >= 4 is 37.6 Å². The van der Waals surface area contributed by atoms with Crippen molar-refractivity contribution in [1.82, 2.24) is 10.3 Å². The summed E-state index contributed by atoms with van der Waals surface area (Å²) in [6, 6.07) is 0. The first-order valence-corrected chi connectivity index (χ1v) is 11.6. The lowest BCUT2D eigenvalue weighted by atomic mass is 10.1. The lowest BCUT2D eigenvalue weighted by Crippen LogP contribution is -2.47. The zero-order valence-electron chi connectivity index (χ0n) is 15.1. The van der Waals surface area contributed by atoms with Crippen LogP contribution in [-0.4, -0.2) is 42.3 Å². The van der Waals surface area contributed by atoms with Gasteiger partial charge in [0.15, 0.2) is 8.32 Å². The Morgan fingerprint density at radius 2 is 1.96 bits per heavy atom. The van der Waals surface area contributed by atoms with Gasteiger partial charge in [0.25, 0.3) is 0 Å². The van der Waals surface area contributed by atoms with E-state index in [1.54, 1.807) is 0 Å². The third-order valence-corrected chi connectivity index (χ3v) is 9.80. The number of aliphatic hydroxyl groups excluding tert-OH is 1. The predicted molar refractivity (Wildman–Crippen MR) is 102 cm³/mol. The number of nitrogens with zero attached hydrogens (tertiary/aromatic N) is 1. The van der Waals surface area contributed by atoms with Gasteiger partial charge in [-0.15, -0.1) is 0 Å². The Bertz CT molecular complexity index is 608. The first-order chi connectivity index (χ1) is 11.3. The zero-order chi connectivity index (χ0) is 19.4. The Balaban J connectivity index is 2.96. The summed E-state index contributed by atoms with van der Waals surface area (Å²) in [4.78, 5) is 14.8. The second kappa shape index (κ2) is 8.68. The molecule has 2 atom stereocenters. The van der Waals surface area contributed by atoms with Crippen LogP contribution in [0.2, 0.25) is 28.2 Å². The maximum atomic E-state index is 10.9. The Morgan fingerprint density at radius 1 is 1.36 bits per heavy atom. The third-order valence-electron chi connectivity index (χ3n) is 4.46. The third kappa shape index (κ3) is 6.42. The molecule has 0 fully saturated rings. The molecule has 25 heavy (non-hydrogen) atoms. The van der Waals surface area contributed by atoms with Gasteiger partial charge in [-0.25, -0.2) is 4.79 Å². The number of hydrogen-bond donors (Lipinski definition) is 3. The van der Waals surface area contributed by atoms with E-state index in [2.05, 4.69) is 44.2 Å². The number of nitrogens with one attached hydrogen (secondary N) is 1. The Kier molecular flexibility index (Phi) is 7.70. The minimum absolute atomic E-state index is 0.0469. The van der Waals surface area contributed by atoms with Crippen LogP contribution in [0.3, 0.4) is 0 Å². The highest BCUT2D eigenvalue weighted by molar-refractivity contribution is 6.74. The number of aromatic nitrogens is 1. The fourth-order valence-electron chi connectivity index (χ4n) is 2.01. The lowest BCUT2D eigenvalue weighted by Gasteiger charge is -2.39. The maximum absolute atomic E-state index is 10.9. The van der Waals surface area contributed by atoms with Gasteiger partial charge in [-0.05, 0) is 18.1 Å².